The van der Waals surface area contributed by atoms with E-state index in [-0.39, 0.29) is 4.90 Å². The fourth-order valence-electron chi connectivity index (χ4n) is 3.18. The molecule has 2 aromatic rings. The predicted octanol–water partition coefficient (Wildman–Crippen LogP) is 5.08. The van der Waals surface area contributed by atoms with Crippen molar-refractivity contribution in [2.45, 2.75) is 64.2 Å². The van der Waals surface area contributed by atoms with Gasteiger partial charge in [0.2, 0.25) is 0 Å². The Kier molecular flexibility index (Phi) is 5.82. The van der Waals surface area contributed by atoms with Crippen molar-refractivity contribution in [3.8, 4) is 0 Å². The van der Waals surface area contributed by atoms with E-state index in [1.807, 2.05) is 12.1 Å². The molecule has 4 heteroatoms. The molecular formula is C19H26O3S. The Hall–Kier alpha value is -1.39. The van der Waals surface area contributed by atoms with Gasteiger partial charge in [0.25, 0.3) is 10.1 Å². The Balaban J connectivity index is 2.66. The molecule has 0 radical (unpaired) electrons. The summed E-state index contributed by atoms with van der Waals surface area (Å²) in [6, 6.07) is 7.79. The van der Waals surface area contributed by atoms with Gasteiger partial charge in [-0.05, 0) is 59.7 Å². The summed E-state index contributed by atoms with van der Waals surface area (Å²) in [5.41, 5.74) is 3.02. The molecule has 0 atom stereocenters. The lowest BCUT2D eigenvalue weighted by Gasteiger charge is -2.15. The summed E-state index contributed by atoms with van der Waals surface area (Å²) < 4.78 is 32.9. The first-order valence-electron chi connectivity index (χ1n) is 8.41. The van der Waals surface area contributed by atoms with Crippen molar-refractivity contribution < 1.29 is 13.0 Å². The Labute approximate surface area is 139 Å². The number of fused-ring (bicyclic) bond motifs is 1. The maximum atomic E-state index is 11.7. The van der Waals surface area contributed by atoms with Gasteiger partial charge in [0.1, 0.15) is 0 Å². The molecule has 0 saturated heterocycles. The van der Waals surface area contributed by atoms with Crippen molar-refractivity contribution in [1.29, 1.82) is 0 Å². The molecule has 0 saturated carbocycles. The molecule has 0 amide bonds. The first-order chi connectivity index (χ1) is 10.9. The van der Waals surface area contributed by atoms with Gasteiger partial charge in [-0.25, -0.2) is 0 Å². The quantitative estimate of drug-likeness (QED) is 0.567. The fourth-order valence-corrected chi connectivity index (χ4v) is 3.96. The first-order valence-corrected chi connectivity index (χ1v) is 9.85. The van der Waals surface area contributed by atoms with Gasteiger partial charge in [-0.1, -0.05) is 51.3 Å². The van der Waals surface area contributed by atoms with E-state index in [9.17, 15) is 13.0 Å². The molecule has 0 fully saturated rings. The molecule has 1 N–H and O–H groups in total. The zero-order chi connectivity index (χ0) is 17.0. The van der Waals surface area contributed by atoms with Crippen molar-refractivity contribution in [1.82, 2.24) is 0 Å². The normalized spacial score (nSPS) is 12.0. The van der Waals surface area contributed by atoms with Crippen LogP contribution in [0.5, 0.6) is 0 Å². The standard InChI is InChI=1S/C19H26O3S/c1-4-6-7-9-17-14(3)19(23(20,21)22)13-16-11-10-15(8-5-2)12-18(16)17/h10-13H,4-9H2,1-3H3,(H,20,21,22). The van der Waals surface area contributed by atoms with Crippen LogP contribution in [-0.2, 0) is 23.0 Å². The molecule has 2 rings (SSSR count). The lowest BCUT2D eigenvalue weighted by atomic mass is 9.93. The van der Waals surface area contributed by atoms with E-state index in [1.54, 1.807) is 13.0 Å². The Morgan fingerprint density at radius 3 is 2.35 bits per heavy atom. The van der Waals surface area contributed by atoms with Crippen molar-refractivity contribution in [2.24, 2.45) is 0 Å². The summed E-state index contributed by atoms with van der Waals surface area (Å²) >= 11 is 0. The van der Waals surface area contributed by atoms with Crippen LogP contribution in [-0.4, -0.2) is 13.0 Å². The molecule has 126 valence electrons. The lowest BCUT2D eigenvalue weighted by molar-refractivity contribution is 0.482. The molecule has 3 nitrogen and oxygen atoms in total. The molecule has 0 aliphatic heterocycles. The minimum Gasteiger partial charge on any atom is -0.282 e. The van der Waals surface area contributed by atoms with Crippen molar-refractivity contribution in [3.05, 3.63) is 41.0 Å². The number of unbranched alkanes of at least 4 members (excludes halogenated alkanes) is 2. The van der Waals surface area contributed by atoms with Gasteiger partial charge in [-0.15, -0.1) is 0 Å². The molecule has 23 heavy (non-hydrogen) atoms. The molecule has 0 spiro atoms. The number of hydrogen-bond donors (Lipinski definition) is 1. The minimum absolute atomic E-state index is 0.0414. The van der Waals surface area contributed by atoms with Crippen LogP contribution in [0.1, 0.15) is 56.2 Å². The Morgan fingerprint density at radius 2 is 1.74 bits per heavy atom. The van der Waals surface area contributed by atoms with Crippen LogP contribution in [0.15, 0.2) is 29.2 Å². The van der Waals surface area contributed by atoms with Crippen molar-refractivity contribution in [2.75, 3.05) is 0 Å². The molecule has 0 heterocycles. The lowest BCUT2D eigenvalue weighted by Crippen LogP contribution is -2.05. The third-order valence-electron chi connectivity index (χ3n) is 4.40. The van der Waals surface area contributed by atoms with Crippen LogP contribution in [0.2, 0.25) is 0 Å². The second-order valence-electron chi connectivity index (χ2n) is 6.22. The molecule has 0 aliphatic carbocycles. The molecular weight excluding hydrogens is 308 g/mol. The molecule has 0 aromatic heterocycles. The van der Waals surface area contributed by atoms with Crippen molar-refractivity contribution in [3.63, 3.8) is 0 Å². The van der Waals surface area contributed by atoms with E-state index in [0.717, 1.165) is 54.9 Å². The Bertz CT molecular complexity index is 792. The number of benzene rings is 2. The van der Waals surface area contributed by atoms with Gasteiger partial charge in [0, 0.05) is 0 Å². The van der Waals surface area contributed by atoms with Gasteiger partial charge in [-0.2, -0.15) is 8.42 Å². The van der Waals surface area contributed by atoms with Gasteiger partial charge >= 0.3 is 0 Å². The summed E-state index contributed by atoms with van der Waals surface area (Å²) in [6.07, 6.45) is 6.21. The zero-order valence-electron chi connectivity index (χ0n) is 14.2. The number of aryl methyl sites for hydroxylation is 2. The van der Waals surface area contributed by atoms with Crippen LogP contribution >= 0.6 is 0 Å². The number of rotatable bonds is 7. The van der Waals surface area contributed by atoms with E-state index in [4.69, 9.17) is 0 Å². The van der Waals surface area contributed by atoms with Crippen molar-refractivity contribution >= 4 is 20.9 Å². The monoisotopic (exact) mass is 334 g/mol. The van der Waals surface area contributed by atoms with Gasteiger partial charge < -0.3 is 0 Å². The molecule has 0 bridgehead atoms. The highest BCUT2D eigenvalue weighted by molar-refractivity contribution is 7.85. The maximum Gasteiger partial charge on any atom is 0.294 e. The van der Waals surface area contributed by atoms with Crippen LogP contribution in [0.4, 0.5) is 0 Å². The minimum atomic E-state index is -4.20. The molecule has 0 unspecified atom stereocenters. The van der Waals surface area contributed by atoms with E-state index < -0.39 is 10.1 Å². The van der Waals surface area contributed by atoms with E-state index >= 15 is 0 Å². The highest BCUT2D eigenvalue weighted by Gasteiger charge is 2.18. The van der Waals surface area contributed by atoms with Gasteiger partial charge in [0.05, 0.1) is 4.90 Å². The molecule has 0 aliphatic rings. The smallest absolute Gasteiger partial charge is 0.282 e. The Morgan fingerprint density at radius 1 is 1.00 bits per heavy atom. The summed E-state index contributed by atoms with van der Waals surface area (Å²) in [5, 5.41) is 2.01. The van der Waals surface area contributed by atoms with E-state index in [0.29, 0.717) is 5.56 Å². The topological polar surface area (TPSA) is 54.4 Å². The van der Waals surface area contributed by atoms with E-state index in [1.165, 1.54) is 5.56 Å². The van der Waals surface area contributed by atoms with Crippen LogP contribution < -0.4 is 0 Å². The fraction of sp³-hybridized carbons (Fsp3) is 0.474. The van der Waals surface area contributed by atoms with Gasteiger partial charge in [0.15, 0.2) is 0 Å². The summed E-state index contributed by atoms with van der Waals surface area (Å²) in [4.78, 5) is 0.0414. The number of hydrogen-bond acceptors (Lipinski definition) is 2. The molecule has 2 aromatic carbocycles. The van der Waals surface area contributed by atoms with Crippen LogP contribution in [0, 0.1) is 6.92 Å². The second-order valence-corrected chi connectivity index (χ2v) is 7.61. The highest BCUT2D eigenvalue weighted by atomic mass is 32.2. The van der Waals surface area contributed by atoms with Crippen LogP contribution in [0.25, 0.3) is 10.8 Å². The van der Waals surface area contributed by atoms with Gasteiger partial charge in [-0.3, -0.25) is 4.55 Å². The average Bonchev–Trinajstić information content (AvgIpc) is 2.48. The SMILES string of the molecule is CCCCCc1c(C)c(S(=O)(=O)O)cc2ccc(CCC)cc12. The maximum absolute atomic E-state index is 11.7. The highest BCUT2D eigenvalue weighted by Crippen LogP contribution is 2.31. The summed E-state index contributed by atoms with van der Waals surface area (Å²) in [6.45, 7) is 6.11. The first kappa shape index (κ1) is 18.0. The third-order valence-corrected chi connectivity index (χ3v) is 5.38. The predicted molar refractivity (Wildman–Crippen MR) is 95.7 cm³/mol. The largest absolute Gasteiger partial charge is 0.294 e. The zero-order valence-corrected chi connectivity index (χ0v) is 15.0. The summed E-state index contributed by atoms with van der Waals surface area (Å²) in [7, 11) is -4.20. The summed E-state index contributed by atoms with van der Waals surface area (Å²) in [5.74, 6) is 0. The third kappa shape index (κ3) is 4.12. The second kappa shape index (κ2) is 7.45. The van der Waals surface area contributed by atoms with Crippen LogP contribution in [0.3, 0.4) is 0 Å². The average molecular weight is 334 g/mol. The van der Waals surface area contributed by atoms with E-state index in [2.05, 4.69) is 19.9 Å².